The standard InChI is InChI=1S/C14H16FN3/c1-3-4-14-17-12(8-13(16)18-14)10-7-9(2)5-6-11(10)15/h5-8H,3-4H2,1-2H3,(H2,16,17,18). The van der Waals surface area contributed by atoms with Gasteiger partial charge in [-0.15, -0.1) is 0 Å². The number of nitrogens with two attached hydrogens (primary N) is 1. The van der Waals surface area contributed by atoms with Gasteiger partial charge in [-0.1, -0.05) is 18.6 Å². The topological polar surface area (TPSA) is 51.8 Å². The van der Waals surface area contributed by atoms with Gasteiger partial charge < -0.3 is 5.73 Å². The third-order valence-electron chi connectivity index (χ3n) is 2.66. The molecule has 1 heterocycles. The predicted molar refractivity (Wildman–Crippen MR) is 70.6 cm³/mol. The van der Waals surface area contributed by atoms with E-state index >= 15 is 0 Å². The number of aromatic nitrogens is 2. The minimum absolute atomic E-state index is 0.291. The number of halogens is 1. The maximum absolute atomic E-state index is 13.8. The van der Waals surface area contributed by atoms with E-state index in [4.69, 9.17) is 5.73 Å². The highest BCUT2D eigenvalue weighted by Crippen LogP contribution is 2.23. The van der Waals surface area contributed by atoms with E-state index in [-0.39, 0.29) is 5.82 Å². The zero-order chi connectivity index (χ0) is 13.1. The van der Waals surface area contributed by atoms with Crippen LogP contribution in [0.2, 0.25) is 0 Å². The molecule has 4 heteroatoms. The molecule has 0 atom stereocenters. The summed E-state index contributed by atoms with van der Waals surface area (Å²) in [6, 6.07) is 6.56. The molecular formula is C14H16FN3. The van der Waals surface area contributed by atoms with E-state index in [1.807, 2.05) is 13.8 Å². The summed E-state index contributed by atoms with van der Waals surface area (Å²) in [7, 11) is 0. The maximum atomic E-state index is 13.8. The summed E-state index contributed by atoms with van der Waals surface area (Å²) in [6.45, 7) is 3.96. The zero-order valence-electron chi connectivity index (χ0n) is 10.6. The lowest BCUT2D eigenvalue weighted by Gasteiger charge is -2.07. The normalized spacial score (nSPS) is 10.6. The zero-order valence-corrected chi connectivity index (χ0v) is 10.6. The predicted octanol–water partition coefficient (Wildman–Crippen LogP) is 3.13. The number of rotatable bonds is 3. The first-order chi connectivity index (χ1) is 8.60. The van der Waals surface area contributed by atoms with Gasteiger partial charge in [-0.05, 0) is 25.5 Å². The molecule has 0 unspecified atom stereocenters. The monoisotopic (exact) mass is 245 g/mol. The summed E-state index contributed by atoms with van der Waals surface area (Å²) in [4.78, 5) is 8.51. The van der Waals surface area contributed by atoms with Gasteiger partial charge in [0.25, 0.3) is 0 Å². The molecule has 2 N–H and O–H groups in total. The Balaban J connectivity index is 2.52. The second-order valence-corrected chi connectivity index (χ2v) is 4.33. The molecule has 0 bridgehead atoms. The smallest absolute Gasteiger partial charge is 0.132 e. The van der Waals surface area contributed by atoms with Crippen LogP contribution < -0.4 is 5.73 Å². The third-order valence-corrected chi connectivity index (χ3v) is 2.66. The average Bonchev–Trinajstić information content (AvgIpc) is 2.32. The van der Waals surface area contributed by atoms with Crippen LogP contribution in [0.15, 0.2) is 24.3 Å². The Kier molecular flexibility index (Phi) is 3.55. The van der Waals surface area contributed by atoms with Crippen molar-refractivity contribution in [3.05, 3.63) is 41.5 Å². The van der Waals surface area contributed by atoms with Gasteiger partial charge in [0.2, 0.25) is 0 Å². The summed E-state index contributed by atoms with van der Waals surface area (Å²) in [5.74, 6) is 0.749. The van der Waals surface area contributed by atoms with Crippen LogP contribution in [-0.4, -0.2) is 9.97 Å². The fraction of sp³-hybridized carbons (Fsp3) is 0.286. The van der Waals surface area contributed by atoms with E-state index in [1.54, 1.807) is 18.2 Å². The maximum Gasteiger partial charge on any atom is 0.132 e. The summed E-state index contributed by atoms with van der Waals surface area (Å²) in [5.41, 5.74) is 7.75. The van der Waals surface area contributed by atoms with Gasteiger partial charge in [-0.2, -0.15) is 0 Å². The Hall–Kier alpha value is -1.97. The van der Waals surface area contributed by atoms with Gasteiger partial charge >= 0.3 is 0 Å². The molecule has 0 aliphatic carbocycles. The third kappa shape index (κ3) is 2.64. The summed E-state index contributed by atoms with van der Waals surface area (Å²) in [5, 5.41) is 0. The van der Waals surface area contributed by atoms with E-state index in [0.29, 0.717) is 22.9 Å². The molecule has 0 aliphatic heterocycles. The minimum Gasteiger partial charge on any atom is -0.384 e. The molecular weight excluding hydrogens is 229 g/mol. The van der Waals surface area contributed by atoms with Crippen molar-refractivity contribution in [2.75, 3.05) is 5.73 Å². The van der Waals surface area contributed by atoms with Gasteiger partial charge in [-0.25, -0.2) is 14.4 Å². The van der Waals surface area contributed by atoms with Crippen LogP contribution in [-0.2, 0) is 6.42 Å². The second kappa shape index (κ2) is 5.12. The number of benzene rings is 1. The van der Waals surface area contributed by atoms with Crippen molar-refractivity contribution in [3.63, 3.8) is 0 Å². The van der Waals surface area contributed by atoms with E-state index in [9.17, 15) is 4.39 Å². The van der Waals surface area contributed by atoms with Crippen LogP contribution >= 0.6 is 0 Å². The Labute approximate surface area is 106 Å². The van der Waals surface area contributed by atoms with Gasteiger partial charge in [0.1, 0.15) is 17.5 Å². The van der Waals surface area contributed by atoms with Crippen molar-refractivity contribution in [1.82, 2.24) is 9.97 Å². The second-order valence-electron chi connectivity index (χ2n) is 4.33. The van der Waals surface area contributed by atoms with E-state index < -0.39 is 0 Å². The van der Waals surface area contributed by atoms with Crippen LogP contribution in [0.5, 0.6) is 0 Å². The summed E-state index contributed by atoms with van der Waals surface area (Å²) in [6.07, 6.45) is 1.67. The number of anilines is 1. The molecule has 18 heavy (non-hydrogen) atoms. The number of nitrogens with zero attached hydrogens (tertiary/aromatic N) is 2. The minimum atomic E-state index is -0.291. The van der Waals surface area contributed by atoms with Crippen molar-refractivity contribution in [1.29, 1.82) is 0 Å². The summed E-state index contributed by atoms with van der Waals surface area (Å²) >= 11 is 0. The van der Waals surface area contributed by atoms with E-state index in [0.717, 1.165) is 18.4 Å². The number of hydrogen-bond acceptors (Lipinski definition) is 3. The molecule has 2 aromatic rings. The molecule has 1 aromatic heterocycles. The first-order valence-electron chi connectivity index (χ1n) is 6.00. The molecule has 0 fully saturated rings. The fourth-order valence-electron chi connectivity index (χ4n) is 1.83. The molecule has 0 spiro atoms. The fourth-order valence-corrected chi connectivity index (χ4v) is 1.83. The van der Waals surface area contributed by atoms with Crippen LogP contribution in [0, 0.1) is 12.7 Å². The Morgan fingerprint density at radius 1 is 1.22 bits per heavy atom. The lowest BCUT2D eigenvalue weighted by molar-refractivity contribution is 0.630. The highest BCUT2D eigenvalue weighted by Gasteiger charge is 2.09. The van der Waals surface area contributed by atoms with Crippen molar-refractivity contribution >= 4 is 5.82 Å². The Morgan fingerprint density at radius 3 is 2.72 bits per heavy atom. The summed E-state index contributed by atoms with van der Waals surface area (Å²) < 4.78 is 13.8. The highest BCUT2D eigenvalue weighted by molar-refractivity contribution is 5.63. The van der Waals surface area contributed by atoms with Gasteiger partial charge in [-0.3, -0.25) is 0 Å². The molecule has 0 saturated heterocycles. The first-order valence-corrected chi connectivity index (χ1v) is 6.00. The van der Waals surface area contributed by atoms with Crippen LogP contribution in [0.25, 0.3) is 11.3 Å². The number of nitrogen functional groups attached to an aromatic ring is 1. The number of aryl methyl sites for hydroxylation is 2. The van der Waals surface area contributed by atoms with Gasteiger partial charge in [0, 0.05) is 18.1 Å². The van der Waals surface area contributed by atoms with Crippen molar-refractivity contribution in [3.8, 4) is 11.3 Å². The average molecular weight is 245 g/mol. The molecule has 0 amide bonds. The Bertz CT molecular complexity index is 567. The lowest BCUT2D eigenvalue weighted by Crippen LogP contribution is -2.02. The molecule has 3 nitrogen and oxygen atoms in total. The Morgan fingerprint density at radius 2 is 2.00 bits per heavy atom. The van der Waals surface area contributed by atoms with Crippen molar-refractivity contribution in [2.45, 2.75) is 26.7 Å². The largest absolute Gasteiger partial charge is 0.384 e. The molecule has 2 rings (SSSR count). The molecule has 0 radical (unpaired) electrons. The molecule has 1 aromatic carbocycles. The van der Waals surface area contributed by atoms with E-state index in [1.165, 1.54) is 6.07 Å². The van der Waals surface area contributed by atoms with E-state index in [2.05, 4.69) is 9.97 Å². The first kappa shape index (κ1) is 12.5. The molecule has 0 saturated carbocycles. The van der Waals surface area contributed by atoms with Gasteiger partial charge in [0.15, 0.2) is 0 Å². The van der Waals surface area contributed by atoms with Crippen LogP contribution in [0.1, 0.15) is 24.7 Å². The van der Waals surface area contributed by atoms with Crippen LogP contribution in [0.4, 0.5) is 10.2 Å². The SMILES string of the molecule is CCCc1nc(N)cc(-c2cc(C)ccc2F)n1. The number of hydrogen-bond donors (Lipinski definition) is 1. The molecule has 94 valence electrons. The molecule has 0 aliphatic rings. The van der Waals surface area contributed by atoms with Crippen molar-refractivity contribution in [2.24, 2.45) is 0 Å². The van der Waals surface area contributed by atoms with Crippen molar-refractivity contribution < 1.29 is 4.39 Å². The highest BCUT2D eigenvalue weighted by atomic mass is 19.1. The quantitative estimate of drug-likeness (QED) is 0.903. The van der Waals surface area contributed by atoms with Crippen LogP contribution in [0.3, 0.4) is 0 Å². The van der Waals surface area contributed by atoms with Gasteiger partial charge in [0.05, 0.1) is 5.69 Å². The lowest BCUT2D eigenvalue weighted by atomic mass is 10.1.